The summed E-state index contributed by atoms with van der Waals surface area (Å²) >= 11 is 6.91. The highest BCUT2D eigenvalue weighted by molar-refractivity contribution is 7.18. The largest absolute Gasteiger partial charge is 0.497 e. The first-order valence-electron chi connectivity index (χ1n) is 6.89. The van der Waals surface area contributed by atoms with Gasteiger partial charge in [0.05, 0.1) is 23.4 Å². The van der Waals surface area contributed by atoms with Crippen molar-refractivity contribution in [1.29, 1.82) is 0 Å². The van der Waals surface area contributed by atoms with Gasteiger partial charge in [0, 0.05) is 17.7 Å². The summed E-state index contributed by atoms with van der Waals surface area (Å²) in [6.45, 7) is -0.334. The van der Waals surface area contributed by atoms with Gasteiger partial charge in [0.1, 0.15) is 11.5 Å². The number of carbonyl (C=O) groups excluding carboxylic acids is 2. The molecule has 2 rings (SSSR count). The van der Waals surface area contributed by atoms with E-state index in [9.17, 15) is 9.59 Å². The molecule has 0 amide bonds. The Balaban J connectivity index is 1.94. The van der Waals surface area contributed by atoms with E-state index in [4.69, 9.17) is 25.8 Å². The van der Waals surface area contributed by atoms with E-state index >= 15 is 0 Å². The van der Waals surface area contributed by atoms with E-state index < -0.39 is 5.97 Å². The van der Waals surface area contributed by atoms with E-state index in [1.54, 1.807) is 43.5 Å². The third-order valence-corrected chi connectivity index (χ3v) is 4.31. The lowest BCUT2D eigenvalue weighted by Gasteiger charge is -2.07. The minimum Gasteiger partial charge on any atom is -0.497 e. The van der Waals surface area contributed by atoms with Crippen molar-refractivity contribution in [3.05, 3.63) is 51.2 Å². The summed E-state index contributed by atoms with van der Waals surface area (Å²) in [4.78, 5) is 24.0. The molecule has 1 aromatic heterocycles. The standard InChI is InChI=1S/C17H15ClO5S/c1-21-12-5-3-11(14(9-12)22-2)4-8-17(20)23-10-13(19)15-6-7-16(18)24-15/h3-9H,10H2,1-2H3/b8-4+. The fraction of sp³-hybridized carbons (Fsp3) is 0.176. The number of halogens is 1. The van der Waals surface area contributed by atoms with Crippen molar-refractivity contribution in [2.24, 2.45) is 0 Å². The Kier molecular flexibility index (Phi) is 6.40. The summed E-state index contributed by atoms with van der Waals surface area (Å²) in [5, 5.41) is 0. The monoisotopic (exact) mass is 366 g/mol. The predicted molar refractivity (Wildman–Crippen MR) is 93.2 cm³/mol. The molecule has 0 unspecified atom stereocenters. The van der Waals surface area contributed by atoms with Crippen LogP contribution in [0.3, 0.4) is 0 Å². The van der Waals surface area contributed by atoms with Crippen LogP contribution in [0.15, 0.2) is 36.4 Å². The van der Waals surface area contributed by atoms with Gasteiger partial charge >= 0.3 is 5.97 Å². The van der Waals surface area contributed by atoms with E-state index in [-0.39, 0.29) is 12.4 Å². The molecule has 0 N–H and O–H groups in total. The number of rotatable bonds is 7. The van der Waals surface area contributed by atoms with Gasteiger partial charge in [-0.15, -0.1) is 11.3 Å². The van der Waals surface area contributed by atoms with Gasteiger partial charge in [-0.2, -0.15) is 0 Å². The highest BCUT2D eigenvalue weighted by Crippen LogP contribution is 2.25. The van der Waals surface area contributed by atoms with E-state index in [1.807, 2.05) is 0 Å². The van der Waals surface area contributed by atoms with E-state index in [2.05, 4.69) is 0 Å². The smallest absolute Gasteiger partial charge is 0.331 e. The normalized spacial score (nSPS) is 10.6. The number of Topliss-reactive ketones (excluding diaryl/α,β-unsaturated/α-hetero) is 1. The average molecular weight is 367 g/mol. The zero-order valence-electron chi connectivity index (χ0n) is 13.1. The van der Waals surface area contributed by atoms with Crippen LogP contribution in [0.5, 0.6) is 11.5 Å². The Labute approximate surface area is 148 Å². The zero-order chi connectivity index (χ0) is 17.5. The molecule has 0 bridgehead atoms. The number of ether oxygens (including phenoxy) is 3. The quantitative estimate of drug-likeness (QED) is 0.423. The molecule has 0 atom stereocenters. The first-order chi connectivity index (χ1) is 11.5. The van der Waals surface area contributed by atoms with Gasteiger partial charge in [0.15, 0.2) is 6.61 Å². The van der Waals surface area contributed by atoms with Crippen LogP contribution in [0.4, 0.5) is 0 Å². The van der Waals surface area contributed by atoms with E-state index in [0.29, 0.717) is 26.3 Å². The third kappa shape index (κ3) is 4.84. The maximum absolute atomic E-state index is 11.8. The fourth-order valence-corrected chi connectivity index (χ4v) is 2.80. The Morgan fingerprint density at radius 2 is 1.96 bits per heavy atom. The van der Waals surface area contributed by atoms with Crippen molar-refractivity contribution in [2.75, 3.05) is 20.8 Å². The number of esters is 1. The predicted octanol–water partition coefficient (Wildman–Crippen LogP) is 3.86. The van der Waals surface area contributed by atoms with Crippen LogP contribution < -0.4 is 9.47 Å². The Morgan fingerprint density at radius 3 is 2.58 bits per heavy atom. The lowest BCUT2D eigenvalue weighted by Crippen LogP contribution is -2.11. The number of hydrogen-bond donors (Lipinski definition) is 0. The molecule has 0 saturated carbocycles. The summed E-state index contributed by atoms with van der Waals surface area (Å²) in [7, 11) is 3.08. The highest BCUT2D eigenvalue weighted by atomic mass is 35.5. The number of methoxy groups -OCH3 is 2. The van der Waals surface area contributed by atoms with Crippen LogP contribution in [-0.2, 0) is 9.53 Å². The lowest BCUT2D eigenvalue weighted by molar-refractivity contribution is -0.136. The SMILES string of the molecule is COc1ccc(/C=C/C(=O)OCC(=O)c2ccc(Cl)s2)c(OC)c1. The number of benzene rings is 1. The van der Waals surface area contributed by atoms with E-state index in [1.165, 1.54) is 13.2 Å². The molecular weight excluding hydrogens is 352 g/mol. The number of carbonyl (C=O) groups is 2. The second kappa shape index (κ2) is 8.52. The molecule has 2 aromatic rings. The van der Waals surface area contributed by atoms with Crippen molar-refractivity contribution in [3.8, 4) is 11.5 Å². The molecule has 0 fully saturated rings. The van der Waals surface area contributed by atoms with Crippen LogP contribution in [0.25, 0.3) is 6.08 Å². The number of hydrogen-bond acceptors (Lipinski definition) is 6. The van der Waals surface area contributed by atoms with Crippen LogP contribution >= 0.6 is 22.9 Å². The van der Waals surface area contributed by atoms with Gasteiger partial charge in [0.2, 0.25) is 5.78 Å². The zero-order valence-corrected chi connectivity index (χ0v) is 14.6. The Morgan fingerprint density at radius 1 is 1.17 bits per heavy atom. The maximum atomic E-state index is 11.8. The maximum Gasteiger partial charge on any atom is 0.331 e. The Hall–Kier alpha value is -2.31. The van der Waals surface area contributed by atoms with Crippen LogP contribution in [-0.4, -0.2) is 32.6 Å². The first kappa shape index (κ1) is 18.0. The van der Waals surface area contributed by atoms with Gasteiger partial charge < -0.3 is 14.2 Å². The summed E-state index contributed by atoms with van der Waals surface area (Å²) < 4.78 is 15.8. The van der Waals surface area contributed by atoms with Gasteiger partial charge in [-0.1, -0.05) is 11.6 Å². The van der Waals surface area contributed by atoms with Crippen molar-refractivity contribution in [2.45, 2.75) is 0 Å². The van der Waals surface area contributed by atoms with Gasteiger partial charge in [0.25, 0.3) is 0 Å². The third-order valence-electron chi connectivity index (χ3n) is 3.03. The molecule has 0 aliphatic heterocycles. The summed E-state index contributed by atoms with van der Waals surface area (Å²) in [5.41, 5.74) is 0.687. The summed E-state index contributed by atoms with van der Waals surface area (Å²) in [6, 6.07) is 8.42. The second-order valence-corrected chi connectivity index (χ2v) is 6.29. The second-order valence-electron chi connectivity index (χ2n) is 4.58. The van der Waals surface area contributed by atoms with Crippen molar-refractivity contribution in [1.82, 2.24) is 0 Å². The van der Waals surface area contributed by atoms with Gasteiger partial charge in [-0.05, 0) is 30.3 Å². The molecule has 0 radical (unpaired) electrons. The van der Waals surface area contributed by atoms with Crippen molar-refractivity contribution in [3.63, 3.8) is 0 Å². The topological polar surface area (TPSA) is 61.8 Å². The molecule has 24 heavy (non-hydrogen) atoms. The minimum atomic E-state index is -0.621. The molecule has 126 valence electrons. The van der Waals surface area contributed by atoms with Gasteiger partial charge in [-0.25, -0.2) is 4.79 Å². The number of thiophene rings is 1. The molecule has 0 aliphatic rings. The lowest BCUT2D eigenvalue weighted by atomic mass is 10.2. The van der Waals surface area contributed by atoms with Crippen LogP contribution in [0.2, 0.25) is 4.34 Å². The molecule has 0 aliphatic carbocycles. The van der Waals surface area contributed by atoms with Gasteiger partial charge in [-0.3, -0.25) is 4.79 Å². The van der Waals surface area contributed by atoms with Crippen LogP contribution in [0.1, 0.15) is 15.2 Å². The fourth-order valence-electron chi connectivity index (χ4n) is 1.83. The first-order valence-corrected chi connectivity index (χ1v) is 8.08. The molecular formula is C17H15ClO5S. The molecule has 1 heterocycles. The highest BCUT2D eigenvalue weighted by Gasteiger charge is 2.11. The molecule has 5 nitrogen and oxygen atoms in total. The van der Waals surface area contributed by atoms with E-state index in [0.717, 1.165) is 11.3 Å². The summed E-state index contributed by atoms with van der Waals surface area (Å²) in [5.74, 6) is 0.286. The van der Waals surface area contributed by atoms with Crippen LogP contribution in [0, 0.1) is 0 Å². The Bertz CT molecular complexity index is 766. The molecule has 7 heteroatoms. The van der Waals surface area contributed by atoms with Crippen molar-refractivity contribution < 1.29 is 23.8 Å². The summed E-state index contributed by atoms with van der Waals surface area (Å²) in [6.07, 6.45) is 2.78. The minimum absolute atomic E-state index is 0.296. The van der Waals surface area contributed by atoms with Crippen molar-refractivity contribution >= 4 is 40.8 Å². The number of ketones is 1. The molecule has 0 saturated heterocycles. The molecule has 0 spiro atoms. The molecule has 1 aromatic carbocycles. The average Bonchev–Trinajstić information content (AvgIpc) is 3.04.